The van der Waals surface area contributed by atoms with E-state index in [1.165, 1.54) is 12.8 Å². The van der Waals surface area contributed by atoms with Gasteiger partial charge in [0.05, 0.1) is 11.6 Å². The van der Waals surface area contributed by atoms with Crippen molar-refractivity contribution < 1.29 is 9.47 Å². The zero-order valence-electron chi connectivity index (χ0n) is 13.5. The van der Waals surface area contributed by atoms with Gasteiger partial charge in [0.25, 0.3) is 0 Å². The smallest absolute Gasteiger partial charge is 0.139 e. The molecule has 1 aliphatic heterocycles. The summed E-state index contributed by atoms with van der Waals surface area (Å²) in [4.78, 5) is 4.50. The number of nitrogens with zero attached hydrogens (tertiary/aromatic N) is 2. The van der Waals surface area contributed by atoms with Crippen molar-refractivity contribution in [2.45, 2.75) is 32.7 Å². The molecule has 1 fully saturated rings. The summed E-state index contributed by atoms with van der Waals surface area (Å²) in [6.07, 6.45) is 7.43. The van der Waals surface area contributed by atoms with Gasteiger partial charge in [0, 0.05) is 37.7 Å². The summed E-state index contributed by atoms with van der Waals surface area (Å²) in [7, 11) is 0. The average Bonchev–Trinajstić information content (AvgIpc) is 3.04. The fourth-order valence-electron chi connectivity index (χ4n) is 3.02. The van der Waals surface area contributed by atoms with Crippen molar-refractivity contribution >= 4 is 11.6 Å². The van der Waals surface area contributed by atoms with Gasteiger partial charge in [-0.15, -0.1) is 0 Å². The highest BCUT2D eigenvalue weighted by Crippen LogP contribution is 2.30. The quantitative estimate of drug-likeness (QED) is 0.784. The van der Waals surface area contributed by atoms with E-state index in [1.807, 2.05) is 37.5 Å². The Bertz CT molecular complexity index is 636. The molecule has 1 aromatic heterocycles. The van der Waals surface area contributed by atoms with Crippen LogP contribution in [-0.4, -0.2) is 29.4 Å². The van der Waals surface area contributed by atoms with E-state index in [9.17, 15) is 0 Å². The van der Waals surface area contributed by atoms with Crippen LogP contribution >= 0.6 is 11.6 Å². The zero-order chi connectivity index (χ0) is 16.1. The molecule has 1 aromatic carbocycles. The summed E-state index contributed by atoms with van der Waals surface area (Å²) in [6, 6.07) is 5.85. The summed E-state index contributed by atoms with van der Waals surface area (Å²) in [5.74, 6) is 2.32. The van der Waals surface area contributed by atoms with Crippen LogP contribution in [0.5, 0.6) is 5.75 Å². The molecule has 0 saturated carbocycles. The van der Waals surface area contributed by atoms with Crippen molar-refractivity contribution in [3.8, 4) is 17.1 Å². The minimum Gasteiger partial charge on any atom is -0.492 e. The van der Waals surface area contributed by atoms with Crippen LogP contribution in [0.15, 0.2) is 30.6 Å². The first-order valence-electron chi connectivity index (χ1n) is 8.29. The van der Waals surface area contributed by atoms with Gasteiger partial charge < -0.3 is 14.0 Å². The fourth-order valence-corrected chi connectivity index (χ4v) is 3.25. The number of aryl methyl sites for hydroxylation is 1. The standard InChI is InChI=1S/C18H23ClN2O2/c1-2-23-17-6-5-15(12-16(17)19)18-20-8-10-21(18)9-7-14-4-3-11-22-13-14/h5-6,8,10,12,14H,2-4,7,9,11,13H2,1H3. The van der Waals surface area contributed by atoms with E-state index < -0.39 is 0 Å². The Morgan fingerprint density at radius 3 is 3.09 bits per heavy atom. The molecule has 0 radical (unpaired) electrons. The average molecular weight is 335 g/mol. The van der Waals surface area contributed by atoms with Crippen LogP contribution in [0.2, 0.25) is 5.02 Å². The SMILES string of the molecule is CCOc1ccc(-c2nccn2CCC2CCCOC2)cc1Cl. The summed E-state index contributed by atoms with van der Waals surface area (Å²) in [5.41, 5.74) is 1.02. The van der Waals surface area contributed by atoms with Crippen molar-refractivity contribution in [3.63, 3.8) is 0 Å². The van der Waals surface area contributed by atoms with Crippen molar-refractivity contribution in [3.05, 3.63) is 35.6 Å². The molecule has 2 heterocycles. The molecule has 0 aliphatic carbocycles. The molecule has 23 heavy (non-hydrogen) atoms. The first kappa shape index (κ1) is 16.3. The van der Waals surface area contributed by atoms with Gasteiger partial charge in [0.15, 0.2) is 0 Å². The van der Waals surface area contributed by atoms with E-state index in [-0.39, 0.29) is 0 Å². The van der Waals surface area contributed by atoms with Crippen molar-refractivity contribution in [2.24, 2.45) is 5.92 Å². The molecular formula is C18H23ClN2O2. The Hall–Kier alpha value is -1.52. The monoisotopic (exact) mass is 334 g/mol. The topological polar surface area (TPSA) is 36.3 Å². The maximum absolute atomic E-state index is 6.30. The molecule has 2 aromatic rings. The van der Waals surface area contributed by atoms with Crippen molar-refractivity contribution in [1.82, 2.24) is 9.55 Å². The third kappa shape index (κ3) is 4.06. The Morgan fingerprint density at radius 1 is 1.43 bits per heavy atom. The van der Waals surface area contributed by atoms with Gasteiger partial charge >= 0.3 is 0 Å². The molecule has 1 saturated heterocycles. The molecule has 0 amide bonds. The number of benzene rings is 1. The van der Waals surface area contributed by atoms with Gasteiger partial charge in [-0.25, -0.2) is 4.98 Å². The van der Waals surface area contributed by atoms with Gasteiger partial charge in [0.2, 0.25) is 0 Å². The molecular weight excluding hydrogens is 312 g/mol. The van der Waals surface area contributed by atoms with Gasteiger partial charge in [-0.2, -0.15) is 0 Å². The molecule has 1 aliphatic rings. The number of halogens is 1. The summed E-state index contributed by atoms with van der Waals surface area (Å²) < 4.78 is 13.3. The lowest BCUT2D eigenvalue weighted by Crippen LogP contribution is -2.19. The first-order chi connectivity index (χ1) is 11.3. The van der Waals surface area contributed by atoms with Crippen molar-refractivity contribution in [1.29, 1.82) is 0 Å². The molecule has 5 heteroatoms. The Labute approximate surface area is 142 Å². The second-order valence-electron chi connectivity index (χ2n) is 5.89. The number of imidazole rings is 1. The van der Waals surface area contributed by atoms with Crippen LogP contribution in [0.3, 0.4) is 0 Å². The van der Waals surface area contributed by atoms with Crippen LogP contribution in [0.1, 0.15) is 26.2 Å². The lowest BCUT2D eigenvalue weighted by atomic mass is 9.99. The molecule has 124 valence electrons. The third-order valence-corrected chi connectivity index (χ3v) is 4.53. The minimum absolute atomic E-state index is 0.608. The molecule has 0 spiro atoms. The molecule has 0 bridgehead atoms. The lowest BCUT2D eigenvalue weighted by molar-refractivity contribution is 0.0501. The van der Waals surface area contributed by atoms with Crippen LogP contribution in [0.25, 0.3) is 11.4 Å². The number of aromatic nitrogens is 2. The predicted molar refractivity (Wildman–Crippen MR) is 92.0 cm³/mol. The van der Waals surface area contributed by atoms with Gasteiger partial charge in [-0.05, 0) is 50.3 Å². The number of hydrogen-bond donors (Lipinski definition) is 0. The highest BCUT2D eigenvalue weighted by atomic mass is 35.5. The summed E-state index contributed by atoms with van der Waals surface area (Å²) >= 11 is 6.30. The predicted octanol–water partition coefficient (Wildman–Crippen LogP) is 4.42. The fraction of sp³-hybridized carbons (Fsp3) is 0.500. The minimum atomic E-state index is 0.608. The van der Waals surface area contributed by atoms with E-state index in [0.29, 0.717) is 17.5 Å². The largest absolute Gasteiger partial charge is 0.492 e. The second-order valence-corrected chi connectivity index (χ2v) is 6.30. The third-order valence-electron chi connectivity index (χ3n) is 4.24. The molecule has 4 nitrogen and oxygen atoms in total. The van der Waals surface area contributed by atoms with E-state index >= 15 is 0 Å². The Kier molecular flexibility index (Phi) is 5.57. The first-order valence-corrected chi connectivity index (χ1v) is 8.67. The highest BCUT2D eigenvalue weighted by Gasteiger charge is 2.15. The number of rotatable bonds is 6. The molecule has 1 atom stereocenters. The zero-order valence-corrected chi connectivity index (χ0v) is 14.3. The lowest BCUT2D eigenvalue weighted by Gasteiger charge is -2.22. The van der Waals surface area contributed by atoms with E-state index in [1.54, 1.807) is 0 Å². The van der Waals surface area contributed by atoms with Crippen LogP contribution in [0.4, 0.5) is 0 Å². The summed E-state index contributed by atoms with van der Waals surface area (Å²) in [5, 5.41) is 0.625. The van der Waals surface area contributed by atoms with Crippen molar-refractivity contribution in [2.75, 3.05) is 19.8 Å². The van der Waals surface area contributed by atoms with Crippen LogP contribution in [0, 0.1) is 5.92 Å². The van der Waals surface area contributed by atoms with Gasteiger partial charge in [-0.3, -0.25) is 0 Å². The van der Waals surface area contributed by atoms with E-state index in [0.717, 1.165) is 43.3 Å². The van der Waals surface area contributed by atoms with Gasteiger partial charge in [-0.1, -0.05) is 11.6 Å². The normalized spacial score (nSPS) is 18.1. The van der Waals surface area contributed by atoms with Crippen LogP contribution in [-0.2, 0) is 11.3 Å². The second kappa shape index (κ2) is 7.84. The molecule has 0 N–H and O–H groups in total. The number of hydrogen-bond acceptors (Lipinski definition) is 3. The molecule has 3 rings (SSSR count). The maximum Gasteiger partial charge on any atom is 0.139 e. The Balaban J connectivity index is 1.71. The van der Waals surface area contributed by atoms with E-state index in [4.69, 9.17) is 21.1 Å². The Morgan fingerprint density at radius 2 is 2.35 bits per heavy atom. The van der Waals surface area contributed by atoms with Crippen LogP contribution < -0.4 is 4.74 Å². The maximum atomic E-state index is 6.30. The number of ether oxygens (including phenoxy) is 2. The molecule has 1 unspecified atom stereocenters. The highest BCUT2D eigenvalue weighted by molar-refractivity contribution is 6.32. The van der Waals surface area contributed by atoms with E-state index in [2.05, 4.69) is 9.55 Å². The van der Waals surface area contributed by atoms with Gasteiger partial charge in [0.1, 0.15) is 11.6 Å². The summed E-state index contributed by atoms with van der Waals surface area (Å²) in [6.45, 7) is 5.31.